The summed E-state index contributed by atoms with van der Waals surface area (Å²) >= 11 is 0. The number of carbonyl (C=O) groups excluding carboxylic acids is 1. The topological polar surface area (TPSA) is 72.5 Å². The maximum Gasteiger partial charge on any atom is 0.305 e. The SMILES string of the molecule is CCOC(=O)CCCCCNC1CCS(=O)(=O)C1. The van der Waals surface area contributed by atoms with E-state index in [1.165, 1.54) is 0 Å². The fraction of sp³-hybridized carbons (Fsp3) is 0.917. The van der Waals surface area contributed by atoms with E-state index in [9.17, 15) is 13.2 Å². The second-order valence-electron chi connectivity index (χ2n) is 4.67. The number of nitrogens with one attached hydrogen (secondary N) is 1. The Morgan fingerprint density at radius 2 is 2.11 bits per heavy atom. The van der Waals surface area contributed by atoms with Crippen LogP contribution in [0.4, 0.5) is 0 Å². The van der Waals surface area contributed by atoms with Crippen molar-refractivity contribution in [3.8, 4) is 0 Å². The van der Waals surface area contributed by atoms with Gasteiger partial charge in [-0.1, -0.05) is 6.42 Å². The zero-order valence-electron chi connectivity index (χ0n) is 11.0. The molecule has 1 aliphatic heterocycles. The summed E-state index contributed by atoms with van der Waals surface area (Å²) in [6.45, 7) is 3.07. The average molecular weight is 277 g/mol. The summed E-state index contributed by atoms with van der Waals surface area (Å²) in [5.74, 6) is 0.455. The summed E-state index contributed by atoms with van der Waals surface area (Å²) < 4.78 is 27.3. The number of esters is 1. The van der Waals surface area contributed by atoms with Crippen molar-refractivity contribution in [1.82, 2.24) is 5.32 Å². The van der Waals surface area contributed by atoms with Crippen LogP contribution in [0.25, 0.3) is 0 Å². The van der Waals surface area contributed by atoms with Gasteiger partial charge in [-0.05, 0) is 32.7 Å². The van der Waals surface area contributed by atoms with Gasteiger partial charge in [0.1, 0.15) is 0 Å². The van der Waals surface area contributed by atoms with Gasteiger partial charge in [0.05, 0.1) is 18.1 Å². The van der Waals surface area contributed by atoms with Crippen molar-refractivity contribution in [2.45, 2.75) is 45.1 Å². The van der Waals surface area contributed by atoms with Crippen molar-refractivity contribution in [2.24, 2.45) is 0 Å². The Morgan fingerprint density at radius 3 is 2.72 bits per heavy atom. The van der Waals surface area contributed by atoms with E-state index in [4.69, 9.17) is 4.74 Å². The zero-order chi connectivity index (χ0) is 13.4. The largest absolute Gasteiger partial charge is 0.466 e. The van der Waals surface area contributed by atoms with Crippen LogP contribution in [-0.2, 0) is 19.4 Å². The van der Waals surface area contributed by atoms with Gasteiger partial charge in [-0.2, -0.15) is 0 Å². The Balaban J connectivity index is 1.95. The Morgan fingerprint density at radius 1 is 1.33 bits per heavy atom. The third kappa shape index (κ3) is 6.35. The summed E-state index contributed by atoms with van der Waals surface area (Å²) in [5.41, 5.74) is 0. The molecule has 0 aromatic heterocycles. The van der Waals surface area contributed by atoms with Crippen LogP contribution in [-0.4, -0.2) is 45.1 Å². The van der Waals surface area contributed by atoms with Crippen LogP contribution in [0.2, 0.25) is 0 Å². The van der Waals surface area contributed by atoms with E-state index in [1.807, 2.05) is 0 Å². The van der Waals surface area contributed by atoms with Crippen molar-refractivity contribution in [3.63, 3.8) is 0 Å². The van der Waals surface area contributed by atoms with Gasteiger partial charge in [-0.3, -0.25) is 4.79 Å². The average Bonchev–Trinajstić information content (AvgIpc) is 2.64. The number of rotatable bonds is 8. The predicted molar refractivity (Wildman–Crippen MR) is 70.2 cm³/mol. The summed E-state index contributed by atoms with van der Waals surface area (Å²) in [7, 11) is -2.78. The minimum atomic E-state index is -2.78. The fourth-order valence-electron chi connectivity index (χ4n) is 2.07. The quantitative estimate of drug-likeness (QED) is 0.527. The van der Waals surface area contributed by atoms with Gasteiger partial charge in [0, 0.05) is 12.5 Å². The normalized spacial score (nSPS) is 21.9. The summed E-state index contributed by atoms with van der Waals surface area (Å²) in [4.78, 5) is 11.1. The third-order valence-electron chi connectivity index (χ3n) is 3.03. The lowest BCUT2D eigenvalue weighted by Crippen LogP contribution is -2.30. The van der Waals surface area contributed by atoms with Crippen LogP contribution in [0.1, 0.15) is 39.0 Å². The van der Waals surface area contributed by atoms with E-state index >= 15 is 0 Å². The van der Waals surface area contributed by atoms with Crippen molar-refractivity contribution in [2.75, 3.05) is 24.7 Å². The highest BCUT2D eigenvalue weighted by molar-refractivity contribution is 7.91. The first kappa shape index (κ1) is 15.4. The van der Waals surface area contributed by atoms with E-state index in [-0.39, 0.29) is 17.8 Å². The first-order valence-electron chi connectivity index (χ1n) is 6.63. The van der Waals surface area contributed by atoms with Crippen molar-refractivity contribution >= 4 is 15.8 Å². The van der Waals surface area contributed by atoms with E-state index in [0.29, 0.717) is 18.8 Å². The van der Waals surface area contributed by atoms with Crippen LogP contribution in [0.3, 0.4) is 0 Å². The molecule has 1 aliphatic rings. The first-order chi connectivity index (χ1) is 8.53. The smallest absolute Gasteiger partial charge is 0.305 e. The molecule has 0 saturated carbocycles. The molecule has 0 aliphatic carbocycles. The minimum Gasteiger partial charge on any atom is -0.466 e. The highest BCUT2D eigenvalue weighted by Crippen LogP contribution is 2.11. The molecule has 0 radical (unpaired) electrons. The predicted octanol–water partition coefficient (Wildman–Crippen LogP) is 0.887. The molecule has 1 N–H and O–H groups in total. The molecule has 0 aromatic rings. The van der Waals surface area contributed by atoms with E-state index in [0.717, 1.165) is 32.2 Å². The minimum absolute atomic E-state index is 0.125. The Labute approximate surface area is 109 Å². The van der Waals surface area contributed by atoms with Gasteiger partial charge < -0.3 is 10.1 Å². The molecule has 1 unspecified atom stereocenters. The van der Waals surface area contributed by atoms with Crippen LogP contribution < -0.4 is 5.32 Å². The second-order valence-corrected chi connectivity index (χ2v) is 6.90. The Bertz CT molecular complexity index is 353. The molecule has 0 amide bonds. The maximum atomic E-state index is 11.2. The van der Waals surface area contributed by atoms with Crippen molar-refractivity contribution in [3.05, 3.63) is 0 Å². The standard InChI is InChI=1S/C12H23NO4S/c1-2-17-12(14)6-4-3-5-8-13-11-7-9-18(15,16)10-11/h11,13H,2-10H2,1H3. The number of ether oxygens (including phenoxy) is 1. The Kier molecular flexibility index (Phi) is 6.63. The molecular formula is C12H23NO4S. The Hall–Kier alpha value is -0.620. The highest BCUT2D eigenvalue weighted by Gasteiger charge is 2.26. The molecule has 106 valence electrons. The van der Waals surface area contributed by atoms with Gasteiger partial charge in [0.2, 0.25) is 0 Å². The van der Waals surface area contributed by atoms with E-state index in [2.05, 4.69) is 5.32 Å². The lowest BCUT2D eigenvalue weighted by molar-refractivity contribution is -0.143. The number of carbonyl (C=O) groups is 1. The molecule has 18 heavy (non-hydrogen) atoms. The van der Waals surface area contributed by atoms with Crippen LogP contribution in [0.5, 0.6) is 0 Å². The molecule has 1 fully saturated rings. The zero-order valence-corrected chi connectivity index (χ0v) is 11.8. The van der Waals surface area contributed by atoms with E-state index in [1.54, 1.807) is 6.92 Å². The molecule has 6 heteroatoms. The van der Waals surface area contributed by atoms with Gasteiger partial charge in [-0.25, -0.2) is 8.42 Å². The van der Waals surface area contributed by atoms with Crippen LogP contribution >= 0.6 is 0 Å². The van der Waals surface area contributed by atoms with Gasteiger partial charge in [0.25, 0.3) is 0 Å². The number of hydrogen-bond donors (Lipinski definition) is 1. The lowest BCUT2D eigenvalue weighted by Gasteiger charge is -2.09. The molecule has 1 heterocycles. The van der Waals surface area contributed by atoms with Crippen LogP contribution in [0, 0.1) is 0 Å². The number of unbranched alkanes of at least 4 members (excludes halogenated alkanes) is 2. The van der Waals surface area contributed by atoms with Crippen molar-refractivity contribution < 1.29 is 17.9 Å². The maximum absolute atomic E-state index is 11.2. The van der Waals surface area contributed by atoms with Crippen molar-refractivity contribution in [1.29, 1.82) is 0 Å². The first-order valence-corrected chi connectivity index (χ1v) is 8.45. The van der Waals surface area contributed by atoms with E-state index < -0.39 is 9.84 Å². The number of hydrogen-bond acceptors (Lipinski definition) is 5. The summed E-state index contributed by atoms with van der Waals surface area (Å²) in [6.07, 6.45) is 3.97. The number of sulfone groups is 1. The van der Waals surface area contributed by atoms with Gasteiger partial charge in [-0.15, -0.1) is 0 Å². The third-order valence-corrected chi connectivity index (χ3v) is 4.80. The van der Waals surface area contributed by atoms with Gasteiger partial charge in [0.15, 0.2) is 9.84 Å². The second kappa shape index (κ2) is 7.74. The fourth-order valence-corrected chi connectivity index (χ4v) is 3.77. The molecule has 5 nitrogen and oxygen atoms in total. The monoisotopic (exact) mass is 277 g/mol. The molecular weight excluding hydrogens is 254 g/mol. The van der Waals surface area contributed by atoms with Crippen LogP contribution in [0.15, 0.2) is 0 Å². The molecule has 0 aromatic carbocycles. The highest BCUT2D eigenvalue weighted by atomic mass is 32.2. The van der Waals surface area contributed by atoms with Gasteiger partial charge >= 0.3 is 5.97 Å². The molecule has 0 spiro atoms. The molecule has 0 bridgehead atoms. The molecule has 1 rings (SSSR count). The molecule has 1 atom stereocenters. The summed E-state index contributed by atoms with van der Waals surface area (Å²) in [6, 6.07) is 0.125. The lowest BCUT2D eigenvalue weighted by atomic mass is 10.2. The molecule has 1 saturated heterocycles. The summed E-state index contributed by atoms with van der Waals surface area (Å²) in [5, 5.41) is 3.26.